The lowest BCUT2D eigenvalue weighted by atomic mass is 10.0. The summed E-state index contributed by atoms with van der Waals surface area (Å²) in [5, 5.41) is 31.3. The van der Waals surface area contributed by atoms with Gasteiger partial charge in [0.15, 0.2) is 8.32 Å². The second kappa shape index (κ2) is 11.5. The summed E-state index contributed by atoms with van der Waals surface area (Å²) in [5.41, 5.74) is 3.40. The first-order chi connectivity index (χ1) is 17.4. The van der Waals surface area contributed by atoms with Gasteiger partial charge in [-0.25, -0.2) is 0 Å². The third-order valence-electron chi connectivity index (χ3n) is 6.90. The summed E-state index contributed by atoms with van der Waals surface area (Å²) in [6.45, 7) is 15.1. The maximum absolute atomic E-state index is 9.48. The lowest BCUT2D eigenvalue weighted by Gasteiger charge is -2.40. The number of benzene rings is 2. The highest BCUT2D eigenvalue weighted by Gasteiger charge is 2.41. The van der Waals surface area contributed by atoms with Crippen molar-refractivity contribution in [2.75, 3.05) is 5.32 Å². The molecule has 9 heteroatoms. The van der Waals surface area contributed by atoms with E-state index in [0.717, 1.165) is 23.2 Å². The molecule has 1 N–H and O–H groups in total. The molecule has 0 spiro atoms. The molecule has 1 aromatic heterocycles. The number of halogens is 1. The fourth-order valence-corrected chi connectivity index (χ4v) is 5.48. The average molecular weight is 536 g/mol. The van der Waals surface area contributed by atoms with Crippen LogP contribution in [-0.2, 0) is 10.8 Å². The lowest BCUT2D eigenvalue weighted by Crippen LogP contribution is -2.45. The predicted octanol–water partition coefficient (Wildman–Crippen LogP) is 7.65. The van der Waals surface area contributed by atoms with Crippen LogP contribution in [0, 0.1) is 22.7 Å². The Labute approximate surface area is 225 Å². The number of rotatable bonds is 9. The highest BCUT2D eigenvalue weighted by atomic mass is 35.5. The molecule has 0 bridgehead atoms. The Hall–Kier alpha value is -3.17. The molecular weight excluding hydrogens is 502 g/mol. The Morgan fingerprint density at radius 1 is 1.08 bits per heavy atom. The molecule has 0 saturated carbocycles. The van der Waals surface area contributed by atoms with Crippen molar-refractivity contribution in [1.29, 1.82) is 10.5 Å². The van der Waals surface area contributed by atoms with Gasteiger partial charge in [-0.15, -0.1) is 10.2 Å². The van der Waals surface area contributed by atoms with E-state index in [0.29, 0.717) is 34.4 Å². The summed E-state index contributed by atoms with van der Waals surface area (Å²) >= 11 is 6.62. The number of anilines is 1. The molecule has 7 nitrogen and oxygen atoms in total. The van der Waals surface area contributed by atoms with Crippen LogP contribution in [0.4, 0.5) is 5.69 Å². The highest BCUT2D eigenvalue weighted by molar-refractivity contribution is 6.74. The minimum Gasteiger partial charge on any atom is -0.418 e. The molecule has 0 radical (unpaired) electrons. The maximum atomic E-state index is 9.48. The predicted molar refractivity (Wildman–Crippen MR) is 149 cm³/mol. The van der Waals surface area contributed by atoms with Gasteiger partial charge in [-0.05, 0) is 73.4 Å². The van der Waals surface area contributed by atoms with E-state index in [2.05, 4.69) is 68.4 Å². The van der Waals surface area contributed by atoms with Crippen molar-refractivity contribution in [2.24, 2.45) is 0 Å². The van der Waals surface area contributed by atoms with Gasteiger partial charge in [-0.3, -0.25) is 0 Å². The first-order valence-corrected chi connectivity index (χ1v) is 15.7. The Morgan fingerprint density at radius 3 is 2.32 bits per heavy atom. The smallest absolute Gasteiger partial charge is 0.247 e. The van der Waals surface area contributed by atoms with Gasteiger partial charge >= 0.3 is 0 Å². The van der Waals surface area contributed by atoms with E-state index in [1.54, 1.807) is 30.3 Å². The molecule has 37 heavy (non-hydrogen) atoms. The summed E-state index contributed by atoms with van der Waals surface area (Å²) in [5.74, 6) is 0.742. The fourth-order valence-electron chi connectivity index (χ4n) is 3.76. The molecule has 194 valence electrons. The normalized spacial score (nSPS) is 13.5. The molecule has 3 rings (SSSR count). The van der Waals surface area contributed by atoms with Crippen LogP contribution in [-0.4, -0.2) is 24.6 Å². The number of nitrogens with one attached hydrogen (secondary N) is 1. The third kappa shape index (κ3) is 6.40. The van der Waals surface area contributed by atoms with Crippen molar-refractivity contribution in [3.8, 4) is 23.6 Å². The van der Waals surface area contributed by atoms with Crippen molar-refractivity contribution >= 4 is 25.6 Å². The quantitative estimate of drug-likeness (QED) is 0.280. The van der Waals surface area contributed by atoms with Crippen LogP contribution in [0.3, 0.4) is 0 Å². The number of aromatic nitrogens is 2. The highest BCUT2D eigenvalue weighted by Crippen LogP contribution is 2.40. The van der Waals surface area contributed by atoms with Gasteiger partial charge in [0.2, 0.25) is 11.8 Å². The molecule has 0 fully saturated rings. The van der Waals surface area contributed by atoms with Crippen LogP contribution in [0.5, 0.6) is 0 Å². The van der Waals surface area contributed by atoms with Crippen LogP contribution >= 0.6 is 11.6 Å². The molecule has 3 aromatic rings. The first kappa shape index (κ1) is 28.4. The summed E-state index contributed by atoms with van der Waals surface area (Å²) in [4.78, 5) is 0. The monoisotopic (exact) mass is 535 g/mol. The van der Waals surface area contributed by atoms with E-state index in [-0.39, 0.29) is 11.1 Å². The van der Waals surface area contributed by atoms with Gasteiger partial charge in [0, 0.05) is 11.3 Å². The van der Waals surface area contributed by atoms with Gasteiger partial charge < -0.3 is 14.2 Å². The zero-order valence-electron chi connectivity index (χ0n) is 22.5. The van der Waals surface area contributed by atoms with Crippen molar-refractivity contribution in [3.05, 3.63) is 64.0 Å². The maximum Gasteiger partial charge on any atom is 0.247 e. The molecule has 1 heterocycles. The minimum absolute atomic E-state index is 0.0133. The number of hydrogen-bond acceptors (Lipinski definition) is 7. The second-order valence-electron chi connectivity index (χ2n) is 10.7. The second-order valence-corrected chi connectivity index (χ2v) is 15.8. The summed E-state index contributed by atoms with van der Waals surface area (Å²) in [7, 11) is -2.13. The standard InChI is InChI=1S/C28H34ClN5O2Si/c1-8-9-22-23(15-14-21(17-31)24(22)29)32-25(18(2)36-37(6,7)28(3,4)5)27-34-33-26(35-27)20-12-10-19(16-30)11-13-20/h10-15,18,25,32H,8-9H2,1-7H3/t18-,25+/m0/s1. The van der Waals surface area contributed by atoms with E-state index in [1.807, 2.05) is 13.0 Å². The molecule has 2 aromatic carbocycles. The molecule has 2 atom stereocenters. The van der Waals surface area contributed by atoms with E-state index in [4.69, 9.17) is 25.7 Å². The van der Waals surface area contributed by atoms with E-state index < -0.39 is 14.4 Å². The van der Waals surface area contributed by atoms with Crippen LogP contribution in [0.15, 0.2) is 40.8 Å². The number of hydrogen-bond donors (Lipinski definition) is 1. The Kier molecular flexibility index (Phi) is 8.81. The van der Waals surface area contributed by atoms with E-state index in [9.17, 15) is 5.26 Å². The molecule has 0 saturated heterocycles. The summed E-state index contributed by atoms with van der Waals surface area (Å²) in [6, 6.07) is 14.4. The first-order valence-electron chi connectivity index (χ1n) is 12.4. The lowest BCUT2D eigenvalue weighted by molar-refractivity contribution is 0.166. The molecule has 0 aliphatic heterocycles. The van der Waals surface area contributed by atoms with Crippen molar-refractivity contribution in [2.45, 2.75) is 77.7 Å². The van der Waals surface area contributed by atoms with Gasteiger partial charge in [0.25, 0.3) is 0 Å². The minimum atomic E-state index is -2.13. The topological polar surface area (TPSA) is 108 Å². The fraction of sp³-hybridized carbons (Fsp3) is 0.429. The molecule has 0 unspecified atom stereocenters. The van der Waals surface area contributed by atoms with Crippen LogP contribution < -0.4 is 5.32 Å². The summed E-state index contributed by atoms with van der Waals surface area (Å²) < 4.78 is 12.9. The Bertz CT molecular complexity index is 1320. The summed E-state index contributed by atoms with van der Waals surface area (Å²) in [6.07, 6.45) is 1.27. The largest absolute Gasteiger partial charge is 0.418 e. The number of nitrogens with zero attached hydrogens (tertiary/aromatic N) is 4. The van der Waals surface area contributed by atoms with Crippen molar-refractivity contribution < 1.29 is 8.84 Å². The van der Waals surface area contributed by atoms with Crippen LogP contribution in [0.1, 0.15) is 69.7 Å². The van der Waals surface area contributed by atoms with Gasteiger partial charge in [0.05, 0.1) is 28.3 Å². The molecule has 0 amide bonds. The zero-order valence-corrected chi connectivity index (χ0v) is 24.3. The van der Waals surface area contributed by atoms with Crippen molar-refractivity contribution in [1.82, 2.24) is 10.2 Å². The average Bonchev–Trinajstić information content (AvgIpc) is 3.33. The Balaban J connectivity index is 2.04. The van der Waals surface area contributed by atoms with Crippen LogP contribution in [0.25, 0.3) is 11.5 Å². The SMILES string of the molecule is CCCc1c(N[C@@H](c2nnc(-c3ccc(C#N)cc3)o2)[C@H](C)O[Si](C)(C)C(C)(C)C)ccc(C#N)c1Cl. The molecule has 0 aliphatic rings. The Morgan fingerprint density at radius 2 is 1.76 bits per heavy atom. The number of nitriles is 2. The third-order valence-corrected chi connectivity index (χ3v) is 11.9. The molecule has 0 aliphatic carbocycles. The van der Waals surface area contributed by atoms with Gasteiger partial charge in [0.1, 0.15) is 12.1 Å². The van der Waals surface area contributed by atoms with Crippen molar-refractivity contribution in [3.63, 3.8) is 0 Å². The van der Waals surface area contributed by atoms with Gasteiger partial charge in [-0.2, -0.15) is 10.5 Å². The molecular formula is C28H34ClN5O2Si. The zero-order chi connectivity index (χ0) is 27.4. The van der Waals surface area contributed by atoms with E-state index >= 15 is 0 Å². The van der Waals surface area contributed by atoms with Crippen LogP contribution in [0.2, 0.25) is 23.2 Å². The van der Waals surface area contributed by atoms with Gasteiger partial charge in [-0.1, -0.05) is 45.7 Å². The van der Waals surface area contributed by atoms with E-state index in [1.165, 1.54) is 0 Å².